The first-order valence-corrected chi connectivity index (χ1v) is 9.96. The SMILES string of the molecule is O=C(Nc1cccc(S(=O)(=O)N2CCCCC2)c1)c1cccc(Cl)c1. The summed E-state index contributed by atoms with van der Waals surface area (Å²) in [7, 11) is -3.53. The number of rotatable bonds is 4. The number of nitrogens with one attached hydrogen (secondary N) is 1. The number of hydrogen-bond donors (Lipinski definition) is 1. The summed E-state index contributed by atoms with van der Waals surface area (Å²) in [5.41, 5.74) is 0.847. The molecule has 132 valence electrons. The van der Waals surface area contributed by atoms with Crippen LogP contribution in [0, 0.1) is 0 Å². The van der Waals surface area contributed by atoms with Gasteiger partial charge in [-0.3, -0.25) is 4.79 Å². The third-order valence-corrected chi connectivity index (χ3v) is 6.26. The number of anilines is 1. The maximum atomic E-state index is 12.7. The Hall–Kier alpha value is -1.89. The van der Waals surface area contributed by atoms with E-state index in [-0.39, 0.29) is 10.8 Å². The number of benzene rings is 2. The van der Waals surface area contributed by atoms with E-state index >= 15 is 0 Å². The highest BCUT2D eigenvalue weighted by atomic mass is 35.5. The predicted octanol–water partition coefficient (Wildman–Crippen LogP) is 3.77. The van der Waals surface area contributed by atoms with E-state index in [0.717, 1.165) is 19.3 Å². The summed E-state index contributed by atoms with van der Waals surface area (Å²) in [4.78, 5) is 12.5. The lowest BCUT2D eigenvalue weighted by atomic mass is 10.2. The highest BCUT2D eigenvalue weighted by molar-refractivity contribution is 7.89. The number of carbonyl (C=O) groups is 1. The van der Waals surface area contributed by atoms with Gasteiger partial charge in [0.1, 0.15) is 0 Å². The first-order valence-electron chi connectivity index (χ1n) is 8.14. The fraction of sp³-hybridized carbons (Fsp3) is 0.278. The monoisotopic (exact) mass is 378 g/mol. The molecule has 0 atom stereocenters. The van der Waals surface area contributed by atoms with Gasteiger partial charge >= 0.3 is 0 Å². The summed E-state index contributed by atoms with van der Waals surface area (Å²) in [6.07, 6.45) is 2.82. The Morgan fingerprint density at radius 2 is 1.72 bits per heavy atom. The van der Waals surface area contributed by atoms with Crippen LogP contribution in [0.15, 0.2) is 53.4 Å². The van der Waals surface area contributed by atoms with Gasteiger partial charge in [0.25, 0.3) is 5.91 Å². The molecule has 0 saturated carbocycles. The molecule has 0 spiro atoms. The average Bonchev–Trinajstić information content (AvgIpc) is 2.62. The molecule has 0 unspecified atom stereocenters. The summed E-state index contributed by atoms with van der Waals surface area (Å²) in [5, 5.41) is 3.19. The topological polar surface area (TPSA) is 66.5 Å². The van der Waals surface area contributed by atoms with Gasteiger partial charge in [0, 0.05) is 29.4 Å². The number of carbonyl (C=O) groups excluding carboxylic acids is 1. The molecule has 1 N–H and O–H groups in total. The van der Waals surface area contributed by atoms with Crippen LogP contribution in [0.1, 0.15) is 29.6 Å². The molecule has 2 aromatic carbocycles. The van der Waals surface area contributed by atoms with Crippen molar-refractivity contribution in [3.05, 3.63) is 59.1 Å². The van der Waals surface area contributed by atoms with E-state index in [2.05, 4.69) is 5.32 Å². The van der Waals surface area contributed by atoms with Crippen molar-refractivity contribution in [1.29, 1.82) is 0 Å². The third-order valence-electron chi connectivity index (χ3n) is 4.13. The van der Waals surface area contributed by atoms with E-state index in [1.165, 1.54) is 10.4 Å². The molecule has 1 heterocycles. The molecule has 0 aliphatic carbocycles. The van der Waals surface area contributed by atoms with Crippen LogP contribution in [-0.2, 0) is 10.0 Å². The number of amides is 1. The van der Waals surface area contributed by atoms with Crippen molar-refractivity contribution in [2.75, 3.05) is 18.4 Å². The molecule has 1 amide bonds. The van der Waals surface area contributed by atoms with Crippen LogP contribution < -0.4 is 5.32 Å². The summed E-state index contributed by atoms with van der Waals surface area (Å²) in [5.74, 6) is -0.338. The molecular weight excluding hydrogens is 360 g/mol. The number of hydrogen-bond acceptors (Lipinski definition) is 3. The fourth-order valence-corrected chi connectivity index (χ4v) is 4.58. The second-order valence-electron chi connectivity index (χ2n) is 5.96. The van der Waals surface area contributed by atoms with Crippen LogP contribution in [0.3, 0.4) is 0 Å². The zero-order chi connectivity index (χ0) is 17.9. The van der Waals surface area contributed by atoms with E-state index in [9.17, 15) is 13.2 Å². The van der Waals surface area contributed by atoms with Gasteiger partial charge in [-0.05, 0) is 49.2 Å². The fourth-order valence-electron chi connectivity index (χ4n) is 2.82. The first kappa shape index (κ1) is 17.9. The third kappa shape index (κ3) is 4.21. The molecule has 0 bridgehead atoms. The molecule has 1 saturated heterocycles. The van der Waals surface area contributed by atoms with Gasteiger partial charge in [-0.25, -0.2) is 8.42 Å². The molecule has 0 aromatic heterocycles. The minimum atomic E-state index is -3.53. The van der Waals surface area contributed by atoms with Crippen LogP contribution in [0.25, 0.3) is 0 Å². The van der Waals surface area contributed by atoms with Crippen LogP contribution in [-0.4, -0.2) is 31.7 Å². The van der Waals surface area contributed by atoms with E-state index in [4.69, 9.17) is 11.6 Å². The summed E-state index contributed by atoms with van der Waals surface area (Å²) in [6, 6.07) is 12.9. The zero-order valence-electron chi connectivity index (χ0n) is 13.6. The predicted molar refractivity (Wildman–Crippen MR) is 98.5 cm³/mol. The van der Waals surface area contributed by atoms with Gasteiger partial charge in [-0.15, -0.1) is 0 Å². The highest BCUT2D eigenvalue weighted by Crippen LogP contribution is 2.23. The van der Waals surface area contributed by atoms with Gasteiger partial charge in [0.15, 0.2) is 0 Å². The van der Waals surface area contributed by atoms with Crippen molar-refractivity contribution in [1.82, 2.24) is 4.31 Å². The lowest BCUT2D eigenvalue weighted by Crippen LogP contribution is -2.35. The van der Waals surface area contributed by atoms with Crippen molar-refractivity contribution < 1.29 is 13.2 Å². The molecule has 1 aliphatic heterocycles. The summed E-state index contributed by atoms with van der Waals surface area (Å²) in [6.45, 7) is 1.09. The van der Waals surface area contributed by atoms with Gasteiger partial charge in [0.2, 0.25) is 10.0 Å². The Balaban J connectivity index is 1.80. The molecule has 0 radical (unpaired) electrons. The quantitative estimate of drug-likeness (QED) is 0.880. The highest BCUT2D eigenvalue weighted by Gasteiger charge is 2.26. The Morgan fingerprint density at radius 3 is 2.44 bits per heavy atom. The number of sulfonamides is 1. The molecule has 25 heavy (non-hydrogen) atoms. The molecule has 1 fully saturated rings. The largest absolute Gasteiger partial charge is 0.322 e. The lowest BCUT2D eigenvalue weighted by Gasteiger charge is -2.26. The van der Waals surface area contributed by atoms with Crippen molar-refractivity contribution in [2.45, 2.75) is 24.2 Å². The summed E-state index contributed by atoms with van der Waals surface area (Å²) >= 11 is 5.90. The number of nitrogens with zero attached hydrogens (tertiary/aromatic N) is 1. The minimum absolute atomic E-state index is 0.193. The van der Waals surface area contributed by atoms with E-state index in [0.29, 0.717) is 29.4 Å². The smallest absolute Gasteiger partial charge is 0.255 e. The molecule has 2 aromatic rings. The van der Waals surface area contributed by atoms with Gasteiger partial charge < -0.3 is 5.32 Å². The molecule has 7 heteroatoms. The number of halogens is 1. The minimum Gasteiger partial charge on any atom is -0.322 e. The average molecular weight is 379 g/mol. The Bertz CT molecular complexity index is 877. The second-order valence-corrected chi connectivity index (χ2v) is 8.33. The standard InChI is InChI=1S/C18H19ClN2O3S/c19-15-7-4-6-14(12-15)18(22)20-16-8-5-9-17(13-16)25(23,24)21-10-2-1-3-11-21/h4-9,12-13H,1-3,10-11H2,(H,20,22). The van der Waals surface area contributed by atoms with Gasteiger partial charge in [0.05, 0.1) is 4.90 Å². The Labute approximate surface area is 152 Å². The van der Waals surface area contributed by atoms with Crippen molar-refractivity contribution in [2.24, 2.45) is 0 Å². The van der Waals surface area contributed by atoms with Crippen molar-refractivity contribution >= 4 is 33.2 Å². The molecular formula is C18H19ClN2O3S. The van der Waals surface area contributed by atoms with Crippen LogP contribution in [0.5, 0.6) is 0 Å². The van der Waals surface area contributed by atoms with Crippen LogP contribution in [0.4, 0.5) is 5.69 Å². The van der Waals surface area contributed by atoms with Gasteiger partial charge in [-0.2, -0.15) is 4.31 Å². The Morgan fingerprint density at radius 1 is 1.00 bits per heavy atom. The van der Waals surface area contributed by atoms with E-state index in [1.807, 2.05) is 0 Å². The first-order chi connectivity index (χ1) is 12.0. The molecule has 3 rings (SSSR count). The van der Waals surface area contributed by atoms with E-state index in [1.54, 1.807) is 42.5 Å². The van der Waals surface area contributed by atoms with Gasteiger partial charge in [-0.1, -0.05) is 30.2 Å². The van der Waals surface area contributed by atoms with Crippen molar-refractivity contribution in [3.8, 4) is 0 Å². The maximum absolute atomic E-state index is 12.7. The van der Waals surface area contributed by atoms with Crippen LogP contribution in [0.2, 0.25) is 5.02 Å². The normalized spacial score (nSPS) is 15.7. The Kier molecular flexibility index (Phi) is 5.42. The van der Waals surface area contributed by atoms with Crippen LogP contribution >= 0.6 is 11.6 Å². The summed E-state index contributed by atoms with van der Waals surface area (Å²) < 4.78 is 27.0. The lowest BCUT2D eigenvalue weighted by molar-refractivity contribution is 0.102. The maximum Gasteiger partial charge on any atom is 0.255 e. The zero-order valence-corrected chi connectivity index (χ0v) is 15.2. The number of piperidine rings is 1. The van der Waals surface area contributed by atoms with Crippen molar-refractivity contribution in [3.63, 3.8) is 0 Å². The van der Waals surface area contributed by atoms with E-state index < -0.39 is 10.0 Å². The molecule has 1 aliphatic rings. The second kappa shape index (κ2) is 7.56. The molecule has 5 nitrogen and oxygen atoms in total.